The summed E-state index contributed by atoms with van der Waals surface area (Å²) in [6.45, 7) is 5.54. The number of aliphatic hydroxyl groups excluding tert-OH is 1. The summed E-state index contributed by atoms with van der Waals surface area (Å²) >= 11 is 0. The molecule has 0 bridgehead atoms. The predicted octanol–water partition coefficient (Wildman–Crippen LogP) is 4.76. The van der Waals surface area contributed by atoms with E-state index in [0.29, 0.717) is 28.8 Å². The first-order valence-electron chi connectivity index (χ1n) is 9.77. The molecule has 3 N–H and O–H groups in total. The Kier molecular flexibility index (Phi) is 6.33. The highest BCUT2D eigenvalue weighted by Crippen LogP contribution is 2.26. The average molecular weight is 403 g/mol. The van der Waals surface area contributed by atoms with Crippen molar-refractivity contribution in [3.63, 3.8) is 0 Å². The number of nitrogens with one attached hydrogen (secondary N) is 1. The average Bonchev–Trinajstić information content (AvgIpc) is 2.71. The molecule has 0 unspecified atom stereocenters. The zero-order valence-corrected chi connectivity index (χ0v) is 17.3. The van der Waals surface area contributed by atoms with Crippen LogP contribution in [0.5, 0.6) is 0 Å². The number of aryl methyl sites for hydroxylation is 3. The number of aromatic carboxylic acids is 1. The van der Waals surface area contributed by atoms with Crippen LogP contribution >= 0.6 is 0 Å². The van der Waals surface area contributed by atoms with Crippen molar-refractivity contribution in [2.45, 2.75) is 27.2 Å². The molecule has 0 heterocycles. The van der Waals surface area contributed by atoms with Crippen molar-refractivity contribution >= 4 is 17.6 Å². The lowest BCUT2D eigenvalue weighted by molar-refractivity contribution is 0.0696. The van der Waals surface area contributed by atoms with Crippen LogP contribution in [0.15, 0.2) is 54.6 Å². The van der Waals surface area contributed by atoms with E-state index in [1.54, 1.807) is 26.0 Å². The van der Waals surface area contributed by atoms with E-state index in [1.807, 2.05) is 49.4 Å². The van der Waals surface area contributed by atoms with Crippen molar-refractivity contribution in [2.24, 2.45) is 0 Å². The molecule has 0 aliphatic carbocycles. The summed E-state index contributed by atoms with van der Waals surface area (Å²) in [4.78, 5) is 24.3. The van der Waals surface area contributed by atoms with Gasteiger partial charge in [-0.25, -0.2) is 4.79 Å². The summed E-state index contributed by atoms with van der Waals surface area (Å²) in [7, 11) is 0. The van der Waals surface area contributed by atoms with Gasteiger partial charge in [-0.05, 0) is 78.8 Å². The van der Waals surface area contributed by atoms with Crippen LogP contribution in [0.1, 0.15) is 43.0 Å². The summed E-state index contributed by atoms with van der Waals surface area (Å²) in [6.07, 6.45) is 0.581. The minimum atomic E-state index is -0.994. The highest BCUT2D eigenvalue weighted by atomic mass is 16.4. The molecule has 0 atom stereocenters. The number of anilines is 1. The van der Waals surface area contributed by atoms with E-state index < -0.39 is 5.97 Å². The van der Waals surface area contributed by atoms with Crippen molar-refractivity contribution in [3.05, 3.63) is 88.0 Å². The minimum absolute atomic E-state index is 0.0877. The number of carbonyl (C=O) groups is 2. The molecule has 0 aliphatic heterocycles. The summed E-state index contributed by atoms with van der Waals surface area (Å²) in [5.74, 6) is -1.24. The summed E-state index contributed by atoms with van der Waals surface area (Å²) in [5.41, 5.74) is 6.56. The van der Waals surface area contributed by atoms with E-state index in [-0.39, 0.29) is 18.1 Å². The highest BCUT2D eigenvalue weighted by Gasteiger charge is 2.15. The Bertz CT molecular complexity index is 1090. The molecule has 3 aromatic rings. The zero-order valence-electron chi connectivity index (χ0n) is 17.3. The molecule has 0 saturated carbocycles. The van der Waals surface area contributed by atoms with Crippen LogP contribution in [0.3, 0.4) is 0 Å². The fourth-order valence-electron chi connectivity index (χ4n) is 3.55. The van der Waals surface area contributed by atoms with Crippen molar-refractivity contribution in [1.82, 2.24) is 0 Å². The van der Waals surface area contributed by atoms with Crippen molar-refractivity contribution in [2.75, 3.05) is 11.9 Å². The van der Waals surface area contributed by atoms with Crippen molar-refractivity contribution < 1.29 is 19.8 Å². The quantitative estimate of drug-likeness (QED) is 0.554. The molecule has 0 spiro atoms. The molecule has 154 valence electrons. The predicted molar refractivity (Wildman–Crippen MR) is 118 cm³/mol. The molecule has 30 heavy (non-hydrogen) atoms. The second-order valence-corrected chi connectivity index (χ2v) is 7.45. The maximum atomic E-state index is 13.1. The number of aliphatic hydroxyl groups is 1. The third kappa shape index (κ3) is 4.58. The van der Waals surface area contributed by atoms with E-state index in [9.17, 15) is 19.8 Å². The van der Waals surface area contributed by atoms with Gasteiger partial charge in [0.1, 0.15) is 0 Å². The van der Waals surface area contributed by atoms with E-state index in [0.717, 1.165) is 22.3 Å². The Balaban J connectivity index is 1.93. The van der Waals surface area contributed by atoms with Gasteiger partial charge in [0.2, 0.25) is 0 Å². The second kappa shape index (κ2) is 8.93. The normalized spacial score (nSPS) is 10.7. The van der Waals surface area contributed by atoms with E-state index in [2.05, 4.69) is 5.32 Å². The molecule has 0 aliphatic rings. The monoisotopic (exact) mass is 403 g/mol. The fourth-order valence-corrected chi connectivity index (χ4v) is 3.55. The molecule has 5 heteroatoms. The third-order valence-electron chi connectivity index (χ3n) is 5.16. The van der Waals surface area contributed by atoms with Gasteiger partial charge in [-0.1, -0.05) is 36.4 Å². The fraction of sp³-hybridized carbons (Fsp3) is 0.200. The van der Waals surface area contributed by atoms with Crippen molar-refractivity contribution in [3.8, 4) is 11.1 Å². The first-order chi connectivity index (χ1) is 14.3. The topological polar surface area (TPSA) is 86.6 Å². The van der Waals surface area contributed by atoms with Crippen molar-refractivity contribution in [1.29, 1.82) is 0 Å². The molecule has 0 saturated heterocycles. The maximum absolute atomic E-state index is 13.1. The molecular weight excluding hydrogens is 378 g/mol. The Labute approximate surface area is 176 Å². The smallest absolute Gasteiger partial charge is 0.335 e. The highest BCUT2D eigenvalue weighted by molar-refractivity contribution is 6.07. The maximum Gasteiger partial charge on any atom is 0.335 e. The summed E-state index contributed by atoms with van der Waals surface area (Å²) in [6, 6.07) is 16.8. The lowest BCUT2D eigenvalue weighted by Crippen LogP contribution is -2.16. The summed E-state index contributed by atoms with van der Waals surface area (Å²) < 4.78 is 0. The molecule has 3 rings (SSSR count). The Morgan fingerprint density at radius 3 is 2.17 bits per heavy atom. The molecular formula is C25H25NO4. The third-order valence-corrected chi connectivity index (χ3v) is 5.16. The van der Waals surface area contributed by atoms with Gasteiger partial charge in [0.15, 0.2) is 0 Å². The van der Waals surface area contributed by atoms with Crippen LogP contribution in [0, 0.1) is 20.8 Å². The Morgan fingerprint density at radius 2 is 1.53 bits per heavy atom. The lowest BCUT2D eigenvalue weighted by atomic mass is 9.97. The standard InChI is InChI=1S/C25H25NO4/c1-15-7-8-20(19-6-4-5-18(13-19)9-10-27)14-22(15)24(28)26-23-16(2)11-21(25(29)30)12-17(23)3/h4-8,11-14,27H,9-10H2,1-3H3,(H,26,28)(H,29,30). The number of rotatable bonds is 6. The van der Waals surface area contributed by atoms with Crippen LogP contribution in [0.2, 0.25) is 0 Å². The number of carbonyl (C=O) groups excluding carboxylic acids is 1. The van der Waals surface area contributed by atoms with Gasteiger partial charge in [-0.2, -0.15) is 0 Å². The van der Waals surface area contributed by atoms with Crippen LogP contribution in [0.4, 0.5) is 5.69 Å². The molecule has 0 radical (unpaired) electrons. The van der Waals surface area contributed by atoms with Gasteiger partial charge in [-0.15, -0.1) is 0 Å². The number of hydrogen-bond acceptors (Lipinski definition) is 3. The number of hydrogen-bond donors (Lipinski definition) is 3. The molecule has 1 amide bonds. The molecule has 5 nitrogen and oxygen atoms in total. The van der Waals surface area contributed by atoms with Crippen LogP contribution in [-0.4, -0.2) is 28.7 Å². The summed E-state index contributed by atoms with van der Waals surface area (Å²) in [5, 5.41) is 21.3. The number of carboxylic acids is 1. The van der Waals surface area contributed by atoms with Gasteiger partial charge in [0.25, 0.3) is 5.91 Å². The molecule has 0 aromatic heterocycles. The van der Waals surface area contributed by atoms with Gasteiger partial charge >= 0.3 is 5.97 Å². The number of benzene rings is 3. The van der Waals surface area contributed by atoms with Crippen LogP contribution in [0.25, 0.3) is 11.1 Å². The minimum Gasteiger partial charge on any atom is -0.478 e. The van der Waals surface area contributed by atoms with Gasteiger partial charge in [0.05, 0.1) is 5.56 Å². The van der Waals surface area contributed by atoms with Gasteiger partial charge in [-0.3, -0.25) is 4.79 Å². The zero-order chi connectivity index (χ0) is 21.8. The number of carboxylic acid groups (broad SMARTS) is 1. The van der Waals surface area contributed by atoms with Gasteiger partial charge < -0.3 is 15.5 Å². The number of amides is 1. The SMILES string of the molecule is Cc1ccc(-c2cccc(CCO)c2)cc1C(=O)Nc1c(C)cc(C(=O)O)cc1C. The van der Waals surface area contributed by atoms with E-state index in [1.165, 1.54) is 0 Å². The van der Waals surface area contributed by atoms with Crippen LogP contribution < -0.4 is 5.32 Å². The molecule has 3 aromatic carbocycles. The molecule has 0 fully saturated rings. The van der Waals surface area contributed by atoms with Gasteiger partial charge in [0, 0.05) is 17.9 Å². The Hall–Kier alpha value is -3.44. The van der Waals surface area contributed by atoms with E-state index in [4.69, 9.17) is 0 Å². The Morgan fingerprint density at radius 1 is 0.867 bits per heavy atom. The largest absolute Gasteiger partial charge is 0.478 e. The van der Waals surface area contributed by atoms with E-state index >= 15 is 0 Å². The first kappa shape index (κ1) is 21.3. The second-order valence-electron chi connectivity index (χ2n) is 7.45. The lowest BCUT2D eigenvalue weighted by Gasteiger charge is -2.15. The first-order valence-corrected chi connectivity index (χ1v) is 9.77. The van der Waals surface area contributed by atoms with Crippen LogP contribution in [-0.2, 0) is 6.42 Å².